The van der Waals surface area contributed by atoms with Crippen LogP contribution < -0.4 is 10.1 Å². The van der Waals surface area contributed by atoms with Gasteiger partial charge in [0.15, 0.2) is 0 Å². The highest BCUT2D eigenvalue weighted by atomic mass is 79.9. The summed E-state index contributed by atoms with van der Waals surface area (Å²) in [5.41, 5.74) is 2.03. The van der Waals surface area contributed by atoms with E-state index >= 15 is 0 Å². The van der Waals surface area contributed by atoms with E-state index in [9.17, 15) is 4.79 Å². The van der Waals surface area contributed by atoms with Gasteiger partial charge in [-0.05, 0) is 64.5 Å². The number of benzene rings is 1. The Labute approximate surface area is 154 Å². The van der Waals surface area contributed by atoms with Crippen LogP contribution in [0.25, 0.3) is 0 Å². The summed E-state index contributed by atoms with van der Waals surface area (Å²) in [4.78, 5) is 16.4. The predicted octanol–water partition coefficient (Wildman–Crippen LogP) is 3.70. The number of ether oxygens (including phenoxy) is 1. The maximum absolute atomic E-state index is 12.5. The van der Waals surface area contributed by atoms with Crippen LogP contribution in [0.5, 0.6) is 5.75 Å². The van der Waals surface area contributed by atoms with Gasteiger partial charge in [0.1, 0.15) is 5.75 Å². The van der Waals surface area contributed by atoms with Gasteiger partial charge in [-0.2, -0.15) is 0 Å². The Morgan fingerprint density at radius 3 is 3.08 bits per heavy atom. The quantitative estimate of drug-likeness (QED) is 0.819. The maximum atomic E-state index is 12.5. The van der Waals surface area contributed by atoms with Crippen molar-refractivity contribution in [1.29, 1.82) is 0 Å². The summed E-state index contributed by atoms with van der Waals surface area (Å²) >= 11 is 5.28. The van der Waals surface area contributed by atoms with Crippen LogP contribution in [0.2, 0.25) is 0 Å². The Bertz CT molecular complexity index is 732. The van der Waals surface area contributed by atoms with Crippen molar-refractivity contribution in [2.75, 3.05) is 20.2 Å². The van der Waals surface area contributed by atoms with Crippen molar-refractivity contribution in [1.82, 2.24) is 10.2 Å². The van der Waals surface area contributed by atoms with E-state index in [0.29, 0.717) is 23.9 Å². The molecule has 1 unspecified atom stereocenters. The van der Waals surface area contributed by atoms with Crippen LogP contribution in [0.1, 0.15) is 27.7 Å². The average Bonchev–Trinajstić information content (AvgIpc) is 3.07. The lowest BCUT2D eigenvalue weighted by Gasteiger charge is -2.32. The molecular formula is C18H21BrN2O2S. The second kappa shape index (κ2) is 7.68. The first-order valence-electron chi connectivity index (χ1n) is 7.99. The lowest BCUT2D eigenvalue weighted by atomic mass is 10.1. The predicted molar refractivity (Wildman–Crippen MR) is 101 cm³/mol. The zero-order valence-corrected chi connectivity index (χ0v) is 16.2. The van der Waals surface area contributed by atoms with E-state index < -0.39 is 0 Å². The summed E-state index contributed by atoms with van der Waals surface area (Å²) in [6.07, 6.45) is 1.10. The van der Waals surface area contributed by atoms with Gasteiger partial charge in [-0.3, -0.25) is 9.69 Å². The lowest BCUT2D eigenvalue weighted by molar-refractivity contribution is 0.0931. The Balaban J connectivity index is 1.58. The van der Waals surface area contributed by atoms with Crippen molar-refractivity contribution < 1.29 is 9.53 Å². The van der Waals surface area contributed by atoms with Gasteiger partial charge in [0.2, 0.25) is 0 Å². The summed E-state index contributed by atoms with van der Waals surface area (Å²) < 4.78 is 5.97. The number of rotatable bonds is 5. The lowest BCUT2D eigenvalue weighted by Crippen LogP contribution is -2.44. The molecule has 1 aromatic carbocycles. The number of fused-ring (bicyclic) bond motifs is 1. The van der Waals surface area contributed by atoms with Gasteiger partial charge in [0.25, 0.3) is 5.91 Å². The Hall–Kier alpha value is -1.37. The minimum absolute atomic E-state index is 0.0825. The fraction of sp³-hybridized carbons (Fsp3) is 0.389. The molecule has 4 nitrogen and oxygen atoms in total. The third kappa shape index (κ3) is 3.82. The van der Waals surface area contributed by atoms with Crippen LogP contribution in [0.4, 0.5) is 0 Å². The van der Waals surface area contributed by atoms with E-state index in [1.54, 1.807) is 13.2 Å². The molecule has 1 aliphatic rings. The zero-order valence-electron chi connectivity index (χ0n) is 13.8. The molecule has 2 heterocycles. The molecule has 24 heavy (non-hydrogen) atoms. The first kappa shape index (κ1) is 17.5. The van der Waals surface area contributed by atoms with Gasteiger partial charge in [-0.15, -0.1) is 11.3 Å². The van der Waals surface area contributed by atoms with Crippen LogP contribution >= 0.6 is 27.3 Å². The molecule has 0 radical (unpaired) electrons. The highest BCUT2D eigenvalue weighted by Crippen LogP contribution is 2.25. The molecule has 0 bridgehead atoms. The van der Waals surface area contributed by atoms with Crippen molar-refractivity contribution in [2.24, 2.45) is 0 Å². The van der Waals surface area contributed by atoms with Crippen molar-refractivity contribution in [3.63, 3.8) is 0 Å². The number of methoxy groups -OCH3 is 1. The Morgan fingerprint density at radius 2 is 2.29 bits per heavy atom. The molecule has 0 saturated carbocycles. The normalized spacial score (nSPS) is 15.6. The summed E-state index contributed by atoms with van der Waals surface area (Å²) in [7, 11) is 1.60. The summed E-state index contributed by atoms with van der Waals surface area (Å²) in [5, 5.41) is 5.21. The second-order valence-electron chi connectivity index (χ2n) is 5.99. The topological polar surface area (TPSA) is 41.6 Å². The van der Waals surface area contributed by atoms with Crippen LogP contribution in [0.3, 0.4) is 0 Å². The van der Waals surface area contributed by atoms with Crippen LogP contribution in [0, 0.1) is 0 Å². The maximum Gasteiger partial charge on any atom is 0.252 e. The minimum Gasteiger partial charge on any atom is -0.497 e. The van der Waals surface area contributed by atoms with E-state index in [1.165, 1.54) is 10.4 Å². The molecule has 1 N–H and O–H groups in total. The molecule has 6 heteroatoms. The van der Waals surface area contributed by atoms with Gasteiger partial charge < -0.3 is 10.1 Å². The molecule has 128 valence electrons. The molecule has 0 fully saturated rings. The third-order valence-electron chi connectivity index (χ3n) is 4.44. The number of nitrogens with zero attached hydrogens (tertiary/aromatic N) is 1. The van der Waals surface area contributed by atoms with E-state index in [0.717, 1.165) is 24.0 Å². The minimum atomic E-state index is -0.0825. The fourth-order valence-electron chi connectivity index (χ4n) is 2.92. The highest BCUT2D eigenvalue weighted by molar-refractivity contribution is 9.10. The number of carbonyl (C=O) groups is 1. The van der Waals surface area contributed by atoms with E-state index in [2.05, 4.69) is 44.5 Å². The number of halogens is 1. The summed E-state index contributed by atoms with van der Waals surface area (Å²) in [6.45, 7) is 4.81. The van der Waals surface area contributed by atoms with Gasteiger partial charge in [0, 0.05) is 35.0 Å². The fourth-order valence-corrected chi connectivity index (χ4v) is 4.23. The second-order valence-corrected chi connectivity index (χ2v) is 7.85. The number of nitrogens with one attached hydrogen (secondary N) is 1. The molecule has 0 spiro atoms. The molecular weight excluding hydrogens is 388 g/mol. The highest BCUT2D eigenvalue weighted by Gasteiger charge is 2.22. The Morgan fingerprint density at radius 1 is 1.46 bits per heavy atom. The molecule has 1 aliphatic heterocycles. The molecule has 0 saturated heterocycles. The molecule has 0 aliphatic carbocycles. The zero-order chi connectivity index (χ0) is 17.1. The third-order valence-corrected chi connectivity index (χ3v) is 6.15. The largest absolute Gasteiger partial charge is 0.497 e. The number of amides is 1. The monoisotopic (exact) mass is 408 g/mol. The molecule has 1 atom stereocenters. The molecule has 3 rings (SSSR count). The molecule has 2 aromatic rings. The molecule has 1 aromatic heterocycles. The Kier molecular flexibility index (Phi) is 5.58. The number of thiophene rings is 1. The van der Waals surface area contributed by atoms with E-state index in [4.69, 9.17) is 4.74 Å². The smallest absolute Gasteiger partial charge is 0.252 e. The first-order valence-corrected chi connectivity index (χ1v) is 9.66. The summed E-state index contributed by atoms with van der Waals surface area (Å²) in [6, 6.07) is 7.93. The first-order chi connectivity index (χ1) is 11.6. The number of hydrogen-bond acceptors (Lipinski definition) is 4. The molecule has 1 amide bonds. The number of carbonyl (C=O) groups excluding carboxylic acids is 1. The SMILES string of the molecule is COc1ccc(Br)c(C(=O)NCC(C)N2CCc3sccc3C2)c1. The van der Waals surface area contributed by atoms with Crippen LogP contribution in [-0.4, -0.2) is 37.0 Å². The van der Waals surface area contributed by atoms with E-state index in [1.807, 2.05) is 23.5 Å². The van der Waals surface area contributed by atoms with Gasteiger partial charge in [-0.1, -0.05) is 0 Å². The van der Waals surface area contributed by atoms with Gasteiger partial charge in [0.05, 0.1) is 12.7 Å². The van der Waals surface area contributed by atoms with Crippen LogP contribution in [0.15, 0.2) is 34.1 Å². The van der Waals surface area contributed by atoms with Gasteiger partial charge in [-0.25, -0.2) is 0 Å². The van der Waals surface area contributed by atoms with Crippen molar-refractivity contribution >= 4 is 33.2 Å². The number of hydrogen-bond donors (Lipinski definition) is 1. The van der Waals surface area contributed by atoms with Crippen LogP contribution in [-0.2, 0) is 13.0 Å². The standard InChI is InChI=1S/C18H21BrN2O2S/c1-12(21-7-5-17-13(11-21)6-8-24-17)10-20-18(22)15-9-14(23-2)3-4-16(15)19/h3-4,6,8-9,12H,5,7,10-11H2,1-2H3,(H,20,22). The van der Waals surface area contributed by atoms with Gasteiger partial charge >= 0.3 is 0 Å². The van der Waals surface area contributed by atoms with E-state index in [-0.39, 0.29) is 5.91 Å². The van der Waals surface area contributed by atoms with Crippen molar-refractivity contribution in [3.05, 3.63) is 50.1 Å². The van der Waals surface area contributed by atoms with Crippen molar-refractivity contribution in [2.45, 2.75) is 25.9 Å². The van der Waals surface area contributed by atoms with Crippen molar-refractivity contribution in [3.8, 4) is 5.75 Å². The average molecular weight is 409 g/mol. The summed E-state index contributed by atoms with van der Waals surface area (Å²) in [5.74, 6) is 0.596.